The van der Waals surface area contributed by atoms with E-state index < -0.39 is 0 Å². The number of fused-ring (bicyclic) bond motifs is 2. The number of hydrogen-bond acceptors (Lipinski definition) is 7. The number of thiophene rings is 2. The van der Waals surface area contributed by atoms with Crippen LogP contribution in [0.25, 0.3) is 10.7 Å². The van der Waals surface area contributed by atoms with E-state index in [1.807, 2.05) is 11.4 Å². The monoisotopic (exact) mass is 469 g/mol. The molecule has 5 rings (SSSR count). The summed E-state index contributed by atoms with van der Waals surface area (Å²) in [6.45, 7) is 2.29. The Balaban J connectivity index is 1.36. The van der Waals surface area contributed by atoms with Gasteiger partial charge in [0.05, 0.1) is 16.2 Å². The number of anilines is 1. The lowest BCUT2D eigenvalue weighted by Gasteiger charge is -2.30. The average Bonchev–Trinajstić information content (AvgIpc) is 3.58. The van der Waals surface area contributed by atoms with Crippen molar-refractivity contribution in [2.24, 2.45) is 17.8 Å². The first-order valence-electron chi connectivity index (χ1n) is 10.5. The summed E-state index contributed by atoms with van der Waals surface area (Å²) in [5.41, 5.74) is 0.497. The first-order chi connectivity index (χ1) is 15.1. The summed E-state index contributed by atoms with van der Waals surface area (Å²) >= 11 is 4.45. The Morgan fingerprint density at radius 1 is 1.32 bits per heavy atom. The van der Waals surface area contributed by atoms with Gasteiger partial charge >= 0.3 is 0 Å². The molecule has 0 spiro atoms. The number of carbonyl (C=O) groups is 1. The maximum Gasteiger partial charge on any atom is 0.235 e. The molecule has 2 fully saturated rings. The van der Waals surface area contributed by atoms with E-state index in [1.165, 1.54) is 48.8 Å². The lowest BCUT2D eigenvalue weighted by atomic mass is 9.84. The Hall–Kier alpha value is -2.15. The number of thioether (sulfide) groups is 1. The van der Waals surface area contributed by atoms with Gasteiger partial charge < -0.3 is 5.32 Å². The molecule has 3 heterocycles. The highest BCUT2D eigenvalue weighted by Gasteiger charge is 2.43. The van der Waals surface area contributed by atoms with Gasteiger partial charge in [0.25, 0.3) is 0 Å². The summed E-state index contributed by atoms with van der Waals surface area (Å²) < 4.78 is 2.26. The molecule has 0 saturated heterocycles. The topological polar surface area (TPSA) is 83.6 Å². The number of aromatic nitrogens is 3. The van der Waals surface area contributed by atoms with Crippen LogP contribution in [0.15, 0.2) is 34.1 Å². The summed E-state index contributed by atoms with van der Waals surface area (Å²) in [5.74, 6) is 3.31. The van der Waals surface area contributed by atoms with E-state index in [-0.39, 0.29) is 11.7 Å². The van der Waals surface area contributed by atoms with Crippen LogP contribution >= 0.6 is 34.4 Å². The third-order valence-electron chi connectivity index (χ3n) is 6.60. The molecule has 1 N–H and O–H groups in total. The minimum absolute atomic E-state index is 0.135. The van der Waals surface area contributed by atoms with Gasteiger partial charge in [-0.3, -0.25) is 9.36 Å². The number of nitrogens with one attached hydrogen (secondary N) is 1. The van der Waals surface area contributed by atoms with Crippen molar-refractivity contribution in [3.05, 3.63) is 34.5 Å². The van der Waals surface area contributed by atoms with E-state index in [9.17, 15) is 4.79 Å². The molecule has 6 nitrogen and oxygen atoms in total. The van der Waals surface area contributed by atoms with Crippen molar-refractivity contribution in [2.45, 2.75) is 43.8 Å². The number of carbonyl (C=O) groups excluding carboxylic acids is 1. The quantitative estimate of drug-likeness (QED) is 0.451. The molecule has 2 bridgehead atoms. The summed E-state index contributed by atoms with van der Waals surface area (Å²) in [6.07, 6.45) is 5.36. The predicted octanol–water partition coefficient (Wildman–Crippen LogP) is 5.67. The fraction of sp³-hybridized carbons (Fsp3) is 0.455. The van der Waals surface area contributed by atoms with E-state index >= 15 is 0 Å². The molecule has 31 heavy (non-hydrogen) atoms. The minimum Gasteiger partial charge on any atom is -0.316 e. The van der Waals surface area contributed by atoms with Crippen molar-refractivity contribution < 1.29 is 4.79 Å². The summed E-state index contributed by atoms with van der Waals surface area (Å²) in [5, 5.41) is 26.3. The van der Waals surface area contributed by atoms with Crippen LogP contribution in [-0.2, 0) is 4.79 Å². The molecule has 2 aliphatic rings. The zero-order chi connectivity index (χ0) is 21.4. The Morgan fingerprint density at radius 2 is 2.23 bits per heavy atom. The maximum atomic E-state index is 12.5. The van der Waals surface area contributed by atoms with Crippen molar-refractivity contribution in [1.29, 1.82) is 5.26 Å². The van der Waals surface area contributed by atoms with Gasteiger partial charge in [-0.05, 0) is 66.8 Å². The molecule has 0 radical (unpaired) electrons. The molecular formula is C22H23N5OS3. The maximum absolute atomic E-state index is 12.5. The van der Waals surface area contributed by atoms with Gasteiger partial charge in [-0.25, -0.2) is 0 Å². The molecular weight excluding hydrogens is 446 g/mol. The molecule has 4 unspecified atom stereocenters. The van der Waals surface area contributed by atoms with Crippen molar-refractivity contribution in [3.63, 3.8) is 0 Å². The van der Waals surface area contributed by atoms with Crippen molar-refractivity contribution >= 4 is 45.3 Å². The van der Waals surface area contributed by atoms with E-state index in [0.29, 0.717) is 22.5 Å². The highest BCUT2D eigenvalue weighted by Crippen LogP contribution is 2.53. The minimum atomic E-state index is -0.135. The number of rotatable bonds is 7. The molecule has 0 aromatic carbocycles. The van der Waals surface area contributed by atoms with Crippen molar-refractivity contribution in [2.75, 3.05) is 11.1 Å². The Kier molecular flexibility index (Phi) is 5.87. The van der Waals surface area contributed by atoms with Crippen LogP contribution in [0.5, 0.6) is 0 Å². The number of nitriles is 1. The smallest absolute Gasteiger partial charge is 0.235 e. The van der Waals surface area contributed by atoms with Gasteiger partial charge in [0.15, 0.2) is 11.0 Å². The van der Waals surface area contributed by atoms with Crippen LogP contribution < -0.4 is 5.32 Å². The fourth-order valence-corrected chi connectivity index (χ4v) is 7.46. The normalized spacial score (nSPS) is 23.0. The van der Waals surface area contributed by atoms with Crippen LogP contribution in [0.3, 0.4) is 0 Å². The summed E-state index contributed by atoms with van der Waals surface area (Å²) in [7, 11) is 0. The third-order valence-corrected chi connectivity index (χ3v) is 9.24. The molecule has 2 saturated carbocycles. The number of hydrogen-bond donors (Lipinski definition) is 1. The molecule has 0 aliphatic heterocycles. The number of nitrogens with zero attached hydrogens (tertiary/aromatic N) is 4. The van der Waals surface area contributed by atoms with E-state index in [2.05, 4.69) is 44.5 Å². The second kappa shape index (κ2) is 8.77. The molecule has 2 aliphatic carbocycles. The van der Waals surface area contributed by atoms with E-state index in [1.54, 1.807) is 17.4 Å². The second-order valence-corrected chi connectivity index (χ2v) is 11.2. The Bertz CT molecular complexity index is 1110. The van der Waals surface area contributed by atoms with Crippen LogP contribution in [0.1, 0.15) is 44.2 Å². The van der Waals surface area contributed by atoms with E-state index in [4.69, 9.17) is 5.26 Å². The molecule has 3 aromatic rings. The van der Waals surface area contributed by atoms with Gasteiger partial charge in [0, 0.05) is 6.04 Å². The highest BCUT2D eigenvalue weighted by atomic mass is 32.2. The zero-order valence-electron chi connectivity index (χ0n) is 17.2. The molecule has 160 valence electrons. The third kappa shape index (κ3) is 4.04. The van der Waals surface area contributed by atoms with Crippen LogP contribution in [0.4, 0.5) is 5.00 Å². The SMILES string of the molecule is CC(C1CC2CCC1C2)n1c(SCC(=O)Nc2sccc2C#N)nnc1-c1cccs1. The lowest BCUT2D eigenvalue weighted by molar-refractivity contribution is -0.113. The highest BCUT2D eigenvalue weighted by molar-refractivity contribution is 7.99. The Morgan fingerprint density at radius 3 is 2.94 bits per heavy atom. The van der Waals surface area contributed by atoms with Gasteiger partial charge in [-0.15, -0.1) is 32.9 Å². The fourth-order valence-electron chi connectivity index (χ4n) is 5.18. The standard InChI is InChI=1S/C22H23N5OS3/c1-13(17-10-14-4-5-15(17)9-14)27-20(18-3-2-7-29-18)25-26-22(27)31-12-19(28)24-21-16(11-23)6-8-30-21/h2-3,6-8,13-15,17H,4-5,9-10,12H2,1H3,(H,24,28). The Labute approximate surface area is 193 Å². The molecule has 4 atom stereocenters. The second-order valence-electron chi connectivity index (χ2n) is 8.34. The summed E-state index contributed by atoms with van der Waals surface area (Å²) in [4.78, 5) is 13.6. The van der Waals surface area contributed by atoms with Crippen LogP contribution in [-0.4, -0.2) is 26.4 Å². The first kappa shape index (κ1) is 20.7. The van der Waals surface area contributed by atoms with E-state index in [0.717, 1.165) is 27.7 Å². The van der Waals surface area contributed by atoms with Gasteiger partial charge in [0.2, 0.25) is 5.91 Å². The molecule has 1 amide bonds. The lowest BCUT2D eigenvalue weighted by Crippen LogP contribution is -2.23. The average molecular weight is 470 g/mol. The van der Waals surface area contributed by atoms with Crippen LogP contribution in [0, 0.1) is 29.1 Å². The first-order valence-corrected chi connectivity index (χ1v) is 13.3. The largest absolute Gasteiger partial charge is 0.316 e. The number of amides is 1. The van der Waals surface area contributed by atoms with Gasteiger partial charge in [-0.1, -0.05) is 24.2 Å². The van der Waals surface area contributed by atoms with Gasteiger partial charge in [-0.2, -0.15) is 5.26 Å². The predicted molar refractivity (Wildman–Crippen MR) is 125 cm³/mol. The summed E-state index contributed by atoms with van der Waals surface area (Å²) in [6, 6.07) is 8.24. The van der Waals surface area contributed by atoms with Crippen molar-refractivity contribution in [3.8, 4) is 16.8 Å². The van der Waals surface area contributed by atoms with Crippen molar-refractivity contribution in [1.82, 2.24) is 14.8 Å². The van der Waals surface area contributed by atoms with Crippen LogP contribution in [0.2, 0.25) is 0 Å². The molecule has 9 heteroatoms. The molecule has 3 aromatic heterocycles. The zero-order valence-corrected chi connectivity index (χ0v) is 19.6. The van der Waals surface area contributed by atoms with Gasteiger partial charge in [0.1, 0.15) is 11.1 Å².